The van der Waals surface area contributed by atoms with Crippen molar-refractivity contribution in [2.24, 2.45) is 5.92 Å². The number of rotatable bonds is 5. The van der Waals surface area contributed by atoms with Crippen molar-refractivity contribution in [1.82, 2.24) is 25.5 Å². The number of aryl methyl sites for hydroxylation is 2. The molecule has 0 amide bonds. The van der Waals surface area contributed by atoms with Crippen molar-refractivity contribution in [3.8, 4) is 11.8 Å². The molecule has 4 heterocycles. The summed E-state index contributed by atoms with van der Waals surface area (Å²) in [5.41, 5.74) is 2.47. The molecular formula is C21H25N5O. The summed E-state index contributed by atoms with van der Waals surface area (Å²) in [5.74, 6) is 7.58. The Hall–Kier alpha value is -2.49. The Morgan fingerprint density at radius 1 is 1.33 bits per heavy atom. The summed E-state index contributed by atoms with van der Waals surface area (Å²) in [6.45, 7) is 6.72. The number of fused-ring (bicyclic) bond motifs is 3. The number of nitrogens with zero attached hydrogens (tertiary/aromatic N) is 4. The van der Waals surface area contributed by atoms with Crippen LogP contribution in [0.25, 0.3) is 0 Å². The molecule has 27 heavy (non-hydrogen) atoms. The molecule has 1 aromatic heterocycles. The molecule has 140 valence electrons. The molecule has 0 spiro atoms. The summed E-state index contributed by atoms with van der Waals surface area (Å²) < 4.78 is 0. The van der Waals surface area contributed by atoms with E-state index in [1.807, 2.05) is 6.08 Å². The molecule has 6 heteroatoms. The Kier molecular flexibility index (Phi) is 5.06. The fraction of sp³-hybridized carbons (Fsp3) is 0.476. The minimum Gasteiger partial charge on any atom is -0.376 e. The molecule has 1 aromatic carbocycles. The van der Waals surface area contributed by atoms with E-state index in [1.54, 1.807) is 0 Å². The lowest BCUT2D eigenvalue weighted by Crippen LogP contribution is -2.58. The fourth-order valence-electron chi connectivity index (χ4n) is 4.15. The van der Waals surface area contributed by atoms with Crippen LogP contribution in [-0.4, -0.2) is 55.9 Å². The van der Waals surface area contributed by atoms with Crippen LogP contribution in [0.5, 0.6) is 0 Å². The van der Waals surface area contributed by atoms with Crippen molar-refractivity contribution in [2.45, 2.75) is 37.7 Å². The largest absolute Gasteiger partial charge is 0.376 e. The highest BCUT2D eigenvalue weighted by atomic mass is 16.3. The average Bonchev–Trinajstić information content (AvgIpc) is 3.20. The topological polar surface area (TPSA) is 77.9 Å². The number of hydrogen-bond donors (Lipinski definition) is 2. The minimum atomic E-state index is -0.875. The second-order valence-electron chi connectivity index (χ2n) is 7.56. The van der Waals surface area contributed by atoms with Gasteiger partial charge in [-0.1, -0.05) is 30.0 Å². The third-order valence-electron chi connectivity index (χ3n) is 5.71. The third-order valence-corrected chi connectivity index (χ3v) is 5.71. The molecule has 3 fully saturated rings. The van der Waals surface area contributed by atoms with Crippen LogP contribution in [0.2, 0.25) is 0 Å². The summed E-state index contributed by atoms with van der Waals surface area (Å²) in [6.07, 6.45) is 6.36. The average molecular weight is 363 g/mol. The first-order valence-electron chi connectivity index (χ1n) is 9.59. The van der Waals surface area contributed by atoms with Gasteiger partial charge in [-0.2, -0.15) is 0 Å². The summed E-state index contributed by atoms with van der Waals surface area (Å²) in [7, 11) is 0. The second-order valence-corrected chi connectivity index (χ2v) is 7.56. The Labute approximate surface area is 159 Å². The van der Waals surface area contributed by atoms with Gasteiger partial charge in [-0.05, 0) is 66.4 Å². The Morgan fingerprint density at radius 2 is 2.19 bits per heavy atom. The lowest BCUT2D eigenvalue weighted by Gasteiger charge is -2.47. The quantitative estimate of drug-likeness (QED) is 0.622. The molecule has 1 atom stereocenters. The SMILES string of the molecule is C=CCc1cc(CCc2nnn[nH]2)ccc1C#CC1(O)CN2CCC1CC2. The summed E-state index contributed by atoms with van der Waals surface area (Å²) in [4.78, 5) is 2.32. The monoisotopic (exact) mass is 363 g/mol. The number of H-pyrrole nitrogens is 1. The van der Waals surface area contributed by atoms with Crippen LogP contribution in [0.1, 0.15) is 35.4 Å². The van der Waals surface area contributed by atoms with E-state index < -0.39 is 5.60 Å². The maximum atomic E-state index is 11.0. The van der Waals surface area contributed by atoms with Crippen molar-refractivity contribution in [3.05, 3.63) is 53.4 Å². The number of aromatic nitrogens is 4. The molecule has 2 bridgehead atoms. The van der Waals surface area contributed by atoms with Crippen LogP contribution in [0, 0.1) is 17.8 Å². The van der Waals surface area contributed by atoms with Gasteiger partial charge in [-0.15, -0.1) is 11.7 Å². The van der Waals surface area contributed by atoms with Gasteiger partial charge in [0.05, 0.1) is 0 Å². The molecule has 5 rings (SSSR count). The Balaban J connectivity index is 1.53. The van der Waals surface area contributed by atoms with E-state index in [1.165, 1.54) is 5.56 Å². The number of tetrazole rings is 1. The molecule has 6 nitrogen and oxygen atoms in total. The molecule has 0 aliphatic carbocycles. The van der Waals surface area contributed by atoms with Crippen molar-refractivity contribution in [2.75, 3.05) is 19.6 Å². The molecule has 0 radical (unpaired) electrons. The summed E-state index contributed by atoms with van der Waals surface area (Å²) >= 11 is 0. The Morgan fingerprint density at radius 3 is 2.85 bits per heavy atom. The van der Waals surface area contributed by atoms with Crippen LogP contribution in [-0.2, 0) is 19.3 Å². The van der Waals surface area contributed by atoms with Crippen LogP contribution < -0.4 is 0 Å². The van der Waals surface area contributed by atoms with Gasteiger partial charge in [0.25, 0.3) is 0 Å². The van der Waals surface area contributed by atoms with Gasteiger partial charge in [-0.25, -0.2) is 5.10 Å². The molecule has 3 saturated heterocycles. The van der Waals surface area contributed by atoms with E-state index in [-0.39, 0.29) is 0 Å². The van der Waals surface area contributed by atoms with Crippen molar-refractivity contribution < 1.29 is 5.11 Å². The summed E-state index contributed by atoms with van der Waals surface area (Å²) in [5, 5.41) is 25.0. The van der Waals surface area contributed by atoms with E-state index in [0.29, 0.717) is 12.5 Å². The number of allylic oxidation sites excluding steroid dienone is 1. The van der Waals surface area contributed by atoms with Gasteiger partial charge in [0.2, 0.25) is 0 Å². The van der Waals surface area contributed by atoms with Crippen LogP contribution >= 0.6 is 0 Å². The molecule has 3 aliphatic heterocycles. The van der Waals surface area contributed by atoms with E-state index in [0.717, 1.165) is 62.1 Å². The molecular weight excluding hydrogens is 338 g/mol. The fourth-order valence-corrected chi connectivity index (χ4v) is 4.15. The predicted octanol–water partition coefficient (Wildman–Crippen LogP) is 1.52. The lowest BCUT2D eigenvalue weighted by molar-refractivity contribution is -0.0713. The number of hydrogen-bond acceptors (Lipinski definition) is 5. The third kappa shape index (κ3) is 3.95. The standard InChI is InChI=1S/C21H25N5O/c1-2-3-18-14-16(5-7-20-22-24-25-23-20)4-6-17(18)8-11-21(27)15-26-12-9-19(21)10-13-26/h2,4,6,14,19,27H,1,3,5,7,9-10,12-13,15H2,(H,22,23,24,25). The van der Waals surface area contributed by atoms with Crippen molar-refractivity contribution in [1.29, 1.82) is 0 Å². The van der Waals surface area contributed by atoms with Gasteiger partial charge in [0.1, 0.15) is 11.4 Å². The highest BCUT2D eigenvalue weighted by Crippen LogP contribution is 2.35. The molecule has 2 N–H and O–H groups in total. The van der Waals surface area contributed by atoms with Crippen LogP contribution in [0.15, 0.2) is 30.9 Å². The molecule has 1 unspecified atom stereocenters. The Bertz CT molecular complexity index is 858. The van der Waals surface area contributed by atoms with Gasteiger partial charge in [0.15, 0.2) is 0 Å². The normalized spacial score (nSPS) is 26.4. The molecule has 3 aliphatic rings. The highest BCUT2D eigenvalue weighted by Gasteiger charge is 2.44. The first-order valence-corrected chi connectivity index (χ1v) is 9.59. The van der Waals surface area contributed by atoms with Crippen molar-refractivity contribution >= 4 is 0 Å². The lowest BCUT2D eigenvalue weighted by atomic mass is 9.75. The maximum Gasteiger partial charge on any atom is 0.148 e. The van der Waals surface area contributed by atoms with Crippen molar-refractivity contribution in [3.63, 3.8) is 0 Å². The zero-order valence-corrected chi connectivity index (χ0v) is 15.5. The number of benzene rings is 1. The molecule has 0 saturated carbocycles. The van der Waals surface area contributed by atoms with Gasteiger partial charge in [0, 0.05) is 24.4 Å². The smallest absolute Gasteiger partial charge is 0.148 e. The van der Waals surface area contributed by atoms with Crippen LogP contribution in [0.4, 0.5) is 0 Å². The maximum absolute atomic E-state index is 11.0. The van der Waals surface area contributed by atoms with E-state index in [4.69, 9.17) is 0 Å². The first-order chi connectivity index (χ1) is 13.2. The highest BCUT2D eigenvalue weighted by molar-refractivity contribution is 5.46. The number of aromatic amines is 1. The minimum absolute atomic E-state index is 0.299. The second kappa shape index (κ2) is 7.63. The zero-order chi connectivity index (χ0) is 18.7. The number of aliphatic hydroxyl groups is 1. The van der Waals surface area contributed by atoms with Gasteiger partial charge >= 0.3 is 0 Å². The number of nitrogens with one attached hydrogen (secondary N) is 1. The zero-order valence-electron chi connectivity index (χ0n) is 15.5. The van der Waals surface area contributed by atoms with Crippen LogP contribution in [0.3, 0.4) is 0 Å². The van der Waals surface area contributed by atoms with E-state index >= 15 is 0 Å². The van der Waals surface area contributed by atoms with Gasteiger partial charge in [-0.3, -0.25) is 4.90 Å². The number of piperidine rings is 3. The van der Waals surface area contributed by atoms with Gasteiger partial charge < -0.3 is 5.11 Å². The summed E-state index contributed by atoms with van der Waals surface area (Å²) in [6, 6.07) is 6.33. The van der Waals surface area contributed by atoms with E-state index in [2.05, 4.69) is 62.1 Å². The first kappa shape index (κ1) is 17.9. The molecule has 2 aromatic rings. The van der Waals surface area contributed by atoms with E-state index in [9.17, 15) is 5.11 Å². The predicted molar refractivity (Wildman–Crippen MR) is 103 cm³/mol.